The van der Waals surface area contributed by atoms with E-state index in [1.54, 1.807) is 6.20 Å². The number of nitrogens with zero attached hydrogens (tertiary/aromatic N) is 2. The van der Waals surface area contributed by atoms with Crippen molar-refractivity contribution < 1.29 is 0 Å². The van der Waals surface area contributed by atoms with E-state index >= 15 is 0 Å². The fourth-order valence-electron chi connectivity index (χ4n) is 1.44. The van der Waals surface area contributed by atoms with Crippen LogP contribution in [0.15, 0.2) is 29.4 Å². The summed E-state index contributed by atoms with van der Waals surface area (Å²) in [5, 5.41) is 6.37. The van der Waals surface area contributed by atoms with Gasteiger partial charge < -0.3 is 16.4 Å². The molecule has 0 aromatic carbocycles. The molecule has 4 N–H and O–H groups in total. The van der Waals surface area contributed by atoms with E-state index in [0.717, 1.165) is 44.7 Å². The number of pyridine rings is 1. The average molecular weight is 377 g/mol. The SMILES string of the molecule is CCCN=C(N)NCCCCNc1ccccn1.I. The molecule has 6 heteroatoms. The lowest BCUT2D eigenvalue weighted by Gasteiger charge is -2.06. The molecule has 0 saturated carbocycles. The lowest BCUT2D eigenvalue weighted by molar-refractivity contribution is 0.725. The third-order valence-corrected chi connectivity index (χ3v) is 2.39. The van der Waals surface area contributed by atoms with Crippen LogP contribution in [0, 0.1) is 0 Å². The number of nitrogens with one attached hydrogen (secondary N) is 2. The van der Waals surface area contributed by atoms with Gasteiger partial charge >= 0.3 is 0 Å². The molecule has 1 rings (SSSR count). The van der Waals surface area contributed by atoms with Gasteiger partial charge in [-0.15, -0.1) is 24.0 Å². The monoisotopic (exact) mass is 377 g/mol. The fraction of sp³-hybridized carbons (Fsp3) is 0.538. The summed E-state index contributed by atoms with van der Waals surface area (Å²) in [6, 6.07) is 5.85. The summed E-state index contributed by atoms with van der Waals surface area (Å²) in [6.45, 7) is 4.66. The summed E-state index contributed by atoms with van der Waals surface area (Å²) in [6.07, 6.45) is 4.94. The van der Waals surface area contributed by atoms with Gasteiger partial charge in [0.05, 0.1) is 0 Å². The van der Waals surface area contributed by atoms with E-state index in [2.05, 4.69) is 27.5 Å². The first-order valence-corrected chi connectivity index (χ1v) is 6.51. The summed E-state index contributed by atoms with van der Waals surface area (Å²) >= 11 is 0. The molecular weight excluding hydrogens is 353 g/mol. The van der Waals surface area contributed by atoms with E-state index in [1.165, 1.54) is 0 Å². The summed E-state index contributed by atoms with van der Waals surface area (Å²) in [4.78, 5) is 8.36. The molecule has 0 aliphatic heterocycles. The second-order valence-electron chi connectivity index (χ2n) is 4.04. The lowest BCUT2D eigenvalue weighted by atomic mass is 10.3. The van der Waals surface area contributed by atoms with Crippen LogP contribution >= 0.6 is 24.0 Å². The molecule has 1 aromatic rings. The first-order valence-electron chi connectivity index (χ1n) is 6.51. The maximum atomic E-state index is 5.68. The number of anilines is 1. The predicted octanol–water partition coefficient (Wildman–Crippen LogP) is 2.21. The Bertz CT molecular complexity index is 342. The molecule has 0 radical (unpaired) electrons. The first-order chi connectivity index (χ1) is 8.83. The molecular formula is C13H24IN5. The topological polar surface area (TPSA) is 75.3 Å². The van der Waals surface area contributed by atoms with Crippen LogP contribution in [0.2, 0.25) is 0 Å². The van der Waals surface area contributed by atoms with E-state index in [9.17, 15) is 0 Å². The van der Waals surface area contributed by atoms with Crippen LogP contribution in [0.1, 0.15) is 26.2 Å². The van der Waals surface area contributed by atoms with Crippen molar-refractivity contribution in [3.05, 3.63) is 24.4 Å². The second-order valence-corrected chi connectivity index (χ2v) is 4.04. The Balaban J connectivity index is 0.00000324. The number of hydrogen-bond acceptors (Lipinski definition) is 3. The van der Waals surface area contributed by atoms with Crippen LogP contribution in [-0.2, 0) is 0 Å². The number of unbranched alkanes of at least 4 members (excludes halogenated alkanes) is 1. The summed E-state index contributed by atoms with van der Waals surface area (Å²) in [7, 11) is 0. The molecule has 0 saturated heterocycles. The van der Waals surface area contributed by atoms with Crippen molar-refractivity contribution in [2.45, 2.75) is 26.2 Å². The molecule has 0 bridgehead atoms. The van der Waals surface area contributed by atoms with Crippen molar-refractivity contribution >= 4 is 35.8 Å². The fourth-order valence-corrected chi connectivity index (χ4v) is 1.44. The van der Waals surface area contributed by atoms with E-state index in [4.69, 9.17) is 5.73 Å². The van der Waals surface area contributed by atoms with Crippen LogP contribution in [-0.4, -0.2) is 30.6 Å². The average Bonchev–Trinajstić information content (AvgIpc) is 2.41. The van der Waals surface area contributed by atoms with E-state index in [1.807, 2.05) is 18.2 Å². The predicted molar refractivity (Wildman–Crippen MR) is 92.2 cm³/mol. The molecule has 0 spiro atoms. The van der Waals surface area contributed by atoms with Gasteiger partial charge in [0.2, 0.25) is 0 Å². The Morgan fingerprint density at radius 3 is 2.79 bits per heavy atom. The summed E-state index contributed by atoms with van der Waals surface area (Å²) in [5.41, 5.74) is 5.68. The lowest BCUT2D eigenvalue weighted by Crippen LogP contribution is -2.32. The number of hydrogen-bond donors (Lipinski definition) is 3. The third-order valence-electron chi connectivity index (χ3n) is 2.39. The maximum Gasteiger partial charge on any atom is 0.188 e. The highest BCUT2D eigenvalue weighted by atomic mass is 127. The van der Waals surface area contributed by atoms with Gasteiger partial charge in [-0.25, -0.2) is 4.98 Å². The molecule has 0 unspecified atom stereocenters. The standard InChI is InChI=1S/C13H23N5.HI/c1-2-8-17-13(14)18-11-6-5-10-16-12-7-3-4-9-15-12;/h3-4,7,9H,2,5-6,8,10-11H2,1H3,(H,15,16)(H3,14,17,18);1H. The molecule has 0 atom stereocenters. The van der Waals surface area contributed by atoms with Gasteiger partial charge in [0.25, 0.3) is 0 Å². The first kappa shape index (κ1) is 17.9. The van der Waals surface area contributed by atoms with E-state index in [0.29, 0.717) is 5.96 Å². The number of aromatic nitrogens is 1. The molecule has 19 heavy (non-hydrogen) atoms. The molecule has 1 aromatic heterocycles. The minimum absolute atomic E-state index is 0. The highest BCUT2D eigenvalue weighted by Gasteiger charge is 1.93. The van der Waals surface area contributed by atoms with Crippen molar-refractivity contribution in [3.63, 3.8) is 0 Å². The quantitative estimate of drug-likeness (QED) is 0.281. The zero-order valence-electron chi connectivity index (χ0n) is 11.4. The number of halogens is 1. The van der Waals surface area contributed by atoms with Crippen LogP contribution in [0.4, 0.5) is 5.82 Å². The van der Waals surface area contributed by atoms with Crippen LogP contribution in [0.3, 0.4) is 0 Å². The molecule has 108 valence electrons. The molecule has 0 fully saturated rings. The Labute approximate surface area is 132 Å². The van der Waals surface area contributed by atoms with Crippen molar-refractivity contribution in [1.82, 2.24) is 10.3 Å². The highest BCUT2D eigenvalue weighted by molar-refractivity contribution is 14.0. The van der Waals surface area contributed by atoms with Crippen LogP contribution < -0.4 is 16.4 Å². The van der Waals surface area contributed by atoms with Crippen molar-refractivity contribution in [2.24, 2.45) is 10.7 Å². The van der Waals surface area contributed by atoms with Gasteiger partial charge in [-0.2, -0.15) is 0 Å². The van der Waals surface area contributed by atoms with Gasteiger partial charge in [-0.05, 0) is 31.4 Å². The van der Waals surface area contributed by atoms with Gasteiger partial charge in [0, 0.05) is 25.8 Å². The number of aliphatic imine (C=N–C) groups is 1. The zero-order valence-corrected chi connectivity index (χ0v) is 13.8. The normalized spacial score (nSPS) is 10.7. The van der Waals surface area contributed by atoms with E-state index < -0.39 is 0 Å². The third kappa shape index (κ3) is 9.52. The largest absolute Gasteiger partial charge is 0.370 e. The summed E-state index contributed by atoms with van der Waals surface area (Å²) in [5.74, 6) is 1.48. The van der Waals surface area contributed by atoms with Crippen molar-refractivity contribution in [2.75, 3.05) is 25.0 Å². The number of nitrogens with two attached hydrogens (primary N) is 1. The Morgan fingerprint density at radius 1 is 1.32 bits per heavy atom. The van der Waals surface area contributed by atoms with Gasteiger partial charge in [0.15, 0.2) is 5.96 Å². The van der Waals surface area contributed by atoms with Crippen molar-refractivity contribution in [1.29, 1.82) is 0 Å². The minimum Gasteiger partial charge on any atom is -0.370 e. The summed E-state index contributed by atoms with van der Waals surface area (Å²) < 4.78 is 0. The molecule has 5 nitrogen and oxygen atoms in total. The smallest absolute Gasteiger partial charge is 0.188 e. The Kier molecular flexibility index (Phi) is 11.3. The number of rotatable bonds is 8. The minimum atomic E-state index is 0. The molecule has 0 aliphatic carbocycles. The Hall–Kier alpha value is -1.05. The second kappa shape index (κ2) is 12.0. The highest BCUT2D eigenvalue weighted by Crippen LogP contribution is 1.99. The van der Waals surface area contributed by atoms with Gasteiger partial charge in [-0.1, -0.05) is 13.0 Å². The molecule has 0 aliphatic rings. The van der Waals surface area contributed by atoms with Gasteiger partial charge in [-0.3, -0.25) is 4.99 Å². The molecule has 0 amide bonds. The molecule has 1 heterocycles. The maximum absolute atomic E-state index is 5.68. The van der Waals surface area contributed by atoms with Gasteiger partial charge in [0.1, 0.15) is 5.82 Å². The van der Waals surface area contributed by atoms with Crippen molar-refractivity contribution in [3.8, 4) is 0 Å². The number of guanidine groups is 1. The zero-order chi connectivity index (χ0) is 13.1. The Morgan fingerprint density at radius 2 is 2.11 bits per heavy atom. The van der Waals surface area contributed by atoms with Crippen LogP contribution in [0.5, 0.6) is 0 Å². The van der Waals surface area contributed by atoms with Crippen LogP contribution in [0.25, 0.3) is 0 Å². The van der Waals surface area contributed by atoms with E-state index in [-0.39, 0.29) is 24.0 Å².